The summed E-state index contributed by atoms with van der Waals surface area (Å²) >= 11 is 0. The Morgan fingerprint density at radius 1 is 1.15 bits per heavy atom. The average Bonchev–Trinajstić information content (AvgIpc) is 3.01. The molecule has 20 heavy (non-hydrogen) atoms. The summed E-state index contributed by atoms with van der Waals surface area (Å²) in [6, 6.07) is 7.03. The third-order valence-corrected chi connectivity index (χ3v) is 4.25. The van der Waals surface area contributed by atoms with Crippen LogP contribution in [0.1, 0.15) is 17.5 Å². The van der Waals surface area contributed by atoms with Crippen molar-refractivity contribution in [3.63, 3.8) is 0 Å². The van der Waals surface area contributed by atoms with E-state index in [0.29, 0.717) is 12.8 Å². The number of amides is 1. The van der Waals surface area contributed by atoms with Gasteiger partial charge in [0.2, 0.25) is 5.91 Å². The van der Waals surface area contributed by atoms with Gasteiger partial charge in [-0.3, -0.25) is 4.79 Å². The molecule has 2 atom stereocenters. The Labute approximate surface area is 116 Å². The molecule has 5 nitrogen and oxygen atoms in total. The second-order valence-electron chi connectivity index (χ2n) is 5.61. The summed E-state index contributed by atoms with van der Waals surface area (Å²) in [7, 11) is 0. The summed E-state index contributed by atoms with van der Waals surface area (Å²) in [5.74, 6) is -1.38. The lowest BCUT2D eigenvalue weighted by Crippen LogP contribution is -2.44. The maximum absolute atomic E-state index is 12.5. The number of carboxylic acids is 1. The van der Waals surface area contributed by atoms with Gasteiger partial charge in [0.05, 0.1) is 6.10 Å². The van der Waals surface area contributed by atoms with E-state index in [2.05, 4.69) is 0 Å². The molecule has 0 bridgehead atoms. The molecule has 1 saturated heterocycles. The van der Waals surface area contributed by atoms with E-state index in [4.69, 9.17) is 5.11 Å². The molecule has 1 amide bonds. The van der Waals surface area contributed by atoms with Gasteiger partial charge in [-0.15, -0.1) is 0 Å². The predicted molar refractivity (Wildman–Crippen MR) is 71.1 cm³/mol. The maximum atomic E-state index is 12.5. The third-order valence-electron chi connectivity index (χ3n) is 4.25. The van der Waals surface area contributed by atoms with Crippen LogP contribution in [0.3, 0.4) is 0 Å². The molecular weight excluding hydrogens is 258 g/mol. The Morgan fingerprint density at radius 3 is 2.30 bits per heavy atom. The predicted octanol–water partition coefficient (Wildman–Crippen LogP) is 0.448. The number of aliphatic hydroxyl groups is 1. The van der Waals surface area contributed by atoms with Gasteiger partial charge in [0, 0.05) is 18.9 Å². The number of fused-ring (bicyclic) bond motifs is 1. The summed E-state index contributed by atoms with van der Waals surface area (Å²) in [6.45, 7) is 0.128. The van der Waals surface area contributed by atoms with Crippen LogP contribution < -0.4 is 0 Å². The van der Waals surface area contributed by atoms with Crippen molar-refractivity contribution in [1.82, 2.24) is 4.90 Å². The lowest BCUT2D eigenvalue weighted by atomic mass is 10.0. The molecule has 1 fully saturated rings. The fourth-order valence-corrected chi connectivity index (χ4v) is 3.26. The minimum Gasteiger partial charge on any atom is -0.480 e. The second kappa shape index (κ2) is 4.90. The smallest absolute Gasteiger partial charge is 0.326 e. The number of aliphatic carboxylic acids is 1. The normalized spacial score (nSPS) is 25.8. The number of carboxylic acid groups (broad SMARTS) is 1. The average molecular weight is 275 g/mol. The molecule has 0 radical (unpaired) electrons. The monoisotopic (exact) mass is 275 g/mol. The lowest BCUT2D eigenvalue weighted by Gasteiger charge is -2.24. The summed E-state index contributed by atoms with van der Waals surface area (Å²) in [4.78, 5) is 25.1. The number of β-amino-alcohol motifs (C(OH)–C–C–N with tert-alkyl or cyclic N) is 1. The highest BCUT2D eigenvalue weighted by Gasteiger charge is 2.42. The number of carbonyl (C=O) groups excluding carboxylic acids is 1. The van der Waals surface area contributed by atoms with Gasteiger partial charge >= 0.3 is 5.97 Å². The molecule has 1 aromatic carbocycles. The van der Waals surface area contributed by atoms with Gasteiger partial charge in [-0.05, 0) is 24.0 Å². The molecule has 3 rings (SSSR count). The van der Waals surface area contributed by atoms with Gasteiger partial charge in [0.15, 0.2) is 0 Å². The van der Waals surface area contributed by atoms with Crippen LogP contribution in [0.4, 0.5) is 0 Å². The summed E-state index contributed by atoms with van der Waals surface area (Å²) in [5, 5.41) is 18.8. The molecule has 1 aliphatic carbocycles. The molecule has 0 spiro atoms. The van der Waals surface area contributed by atoms with E-state index in [1.807, 2.05) is 24.3 Å². The molecule has 2 N–H and O–H groups in total. The van der Waals surface area contributed by atoms with Crippen molar-refractivity contribution in [3.8, 4) is 0 Å². The van der Waals surface area contributed by atoms with E-state index in [-0.39, 0.29) is 24.8 Å². The van der Waals surface area contributed by atoms with Crippen LogP contribution in [0, 0.1) is 5.92 Å². The molecule has 1 heterocycles. The summed E-state index contributed by atoms with van der Waals surface area (Å²) < 4.78 is 0. The zero-order chi connectivity index (χ0) is 14.3. The zero-order valence-corrected chi connectivity index (χ0v) is 11.0. The maximum Gasteiger partial charge on any atom is 0.326 e. The van der Waals surface area contributed by atoms with Crippen molar-refractivity contribution in [3.05, 3.63) is 35.4 Å². The Kier molecular flexibility index (Phi) is 3.22. The molecule has 5 heteroatoms. The van der Waals surface area contributed by atoms with E-state index in [1.165, 1.54) is 4.90 Å². The number of rotatable bonds is 2. The first-order valence-electron chi connectivity index (χ1n) is 6.84. The fourth-order valence-electron chi connectivity index (χ4n) is 3.26. The van der Waals surface area contributed by atoms with Crippen LogP contribution in [0.5, 0.6) is 0 Å². The van der Waals surface area contributed by atoms with Crippen LogP contribution in [0.15, 0.2) is 24.3 Å². The highest BCUT2D eigenvalue weighted by atomic mass is 16.4. The van der Waals surface area contributed by atoms with Crippen molar-refractivity contribution < 1.29 is 19.8 Å². The topological polar surface area (TPSA) is 77.8 Å². The largest absolute Gasteiger partial charge is 0.480 e. The number of benzene rings is 1. The molecular formula is C15H17NO4. The number of aliphatic hydroxyl groups excluding tert-OH is 1. The quantitative estimate of drug-likeness (QED) is 0.821. The van der Waals surface area contributed by atoms with Crippen molar-refractivity contribution in [2.75, 3.05) is 6.54 Å². The second-order valence-corrected chi connectivity index (χ2v) is 5.61. The molecule has 0 aromatic heterocycles. The molecule has 1 aromatic rings. The fraction of sp³-hybridized carbons (Fsp3) is 0.467. The van der Waals surface area contributed by atoms with E-state index in [0.717, 1.165) is 11.1 Å². The molecule has 106 valence electrons. The molecule has 1 aliphatic heterocycles. The lowest BCUT2D eigenvalue weighted by molar-refractivity contribution is -0.149. The van der Waals surface area contributed by atoms with Gasteiger partial charge < -0.3 is 15.1 Å². The Balaban J connectivity index is 1.76. The Hall–Kier alpha value is -1.88. The van der Waals surface area contributed by atoms with Crippen LogP contribution >= 0.6 is 0 Å². The number of hydrogen-bond acceptors (Lipinski definition) is 3. The van der Waals surface area contributed by atoms with Crippen molar-refractivity contribution >= 4 is 11.9 Å². The number of hydrogen-bond donors (Lipinski definition) is 2. The van der Waals surface area contributed by atoms with Crippen LogP contribution in [-0.2, 0) is 22.4 Å². The highest BCUT2D eigenvalue weighted by Crippen LogP contribution is 2.30. The minimum absolute atomic E-state index is 0.126. The van der Waals surface area contributed by atoms with E-state index >= 15 is 0 Å². The standard InChI is InChI=1S/C15H17NO4/c17-12-7-13(15(19)20)16(8-12)14(18)11-5-9-3-1-2-4-10(9)6-11/h1-4,11-13,17H,5-8H2,(H,19,20). The minimum atomic E-state index is -1.04. The SMILES string of the molecule is O=C(O)C1CC(O)CN1C(=O)C1Cc2ccccc2C1. The summed E-state index contributed by atoms with van der Waals surface area (Å²) in [6.07, 6.45) is 0.714. The first kappa shape index (κ1) is 13.1. The van der Waals surface area contributed by atoms with E-state index in [9.17, 15) is 14.7 Å². The Morgan fingerprint density at radius 2 is 1.75 bits per heavy atom. The Bertz CT molecular complexity index is 532. The van der Waals surface area contributed by atoms with Crippen LogP contribution in [-0.4, -0.2) is 45.7 Å². The van der Waals surface area contributed by atoms with E-state index in [1.54, 1.807) is 0 Å². The van der Waals surface area contributed by atoms with Gasteiger partial charge in [-0.25, -0.2) is 4.79 Å². The first-order chi connectivity index (χ1) is 9.56. The van der Waals surface area contributed by atoms with Crippen LogP contribution in [0.25, 0.3) is 0 Å². The first-order valence-corrected chi connectivity index (χ1v) is 6.84. The highest BCUT2D eigenvalue weighted by molar-refractivity contribution is 5.86. The molecule has 0 saturated carbocycles. The van der Waals surface area contributed by atoms with Crippen molar-refractivity contribution in [2.24, 2.45) is 5.92 Å². The number of nitrogens with zero attached hydrogens (tertiary/aromatic N) is 1. The number of likely N-dealkylation sites (tertiary alicyclic amines) is 1. The van der Waals surface area contributed by atoms with E-state index < -0.39 is 18.1 Å². The van der Waals surface area contributed by atoms with Crippen molar-refractivity contribution in [1.29, 1.82) is 0 Å². The molecule has 2 unspecified atom stereocenters. The zero-order valence-electron chi connectivity index (χ0n) is 11.0. The summed E-state index contributed by atoms with van der Waals surface area (Å²) in [5.41, 5.74) is 2.33. The van der Waals surface area contributed by atoms with Gasteiger partial charge in [0.1, 0.15) is 6.04 Å². The van der Waals surface area contributed by atoms with Gasteiger partial charge in [-0.2, -0.15) is 0 Å². The van der Waals surface area contributed by atoms with Gasteiger partial charge in [0.25, 0.3) is 0 Å². The van der Waals surface area contributed by atoms with Gasteiger partial charge in [-0.1, -0.05) is 24.3 Å². The molecule has 2 aliphatic rings. The van der Waals surface area contributed by atoms with Crippen LogP contribution in [0.2, 0.25) is 0 Å². The third kappa shape index (κ3) is 2.18. The number of carbonyl (C=O) groups is 2. The van der Waals surface area contributed by atoms with Crippen molar-refractivity contribution in [2.45, 2.75) is 31.4 Å².